The molecule has 1 saturated heterocycles. The SMILES string of the molecule is I.NC(=NCCCOC1CCCC1)NCCCN1CCOCC1. The summed E-state index contributed by atoms with van der Waals surface area (Å²) in [6, 6.07) is 0. The number of morpholine rings is 1. The van der Waals surface area contributed by atoms with Crippen molar-refractivity contribution in [1.82, 2.24) is 10.2 Å². The molecule has 2 rings (SSSR count). The van der Waals surface area contributed by atoms with E-state index in [0.29, 0.717) is 12.1 Å². The second kappa shape index (κ2) is 13.2. The molecule has 7 heteroatoms. The van der Waals surface area contributed by atoms with Gasteiger partial charge in [0.25, 0.3) is 0 Å². The number of rotatable bonds is 9. The van der Waals surface area contributed by atoms with Gasteiger partial charge in [0.1, 0.15) is 0 Å². The van der Waals surface area contributed by atoms with Crippen molar-refractivity contribution in [3.63, 3.8) is 0 Å². The molecule has 1 aliphatic carbocycles. The lowest BCUT2D eigenvalue weighted by Crippen LogP contribution is -2.39. The summed E-state index contributed by atoms with van der Waals surface area (Å²) in [4.78, 5) is 6.77. The molecule has 6 nitrogen and oxygen atoms in total. The van der Waals surface area contributed by atoms with Crippen molar-refractivity contribution < 1.29 is 9.47 Å². The lowest BCUT2D eigenvalue weighted by atomic mass is 10.3. The predicted molar refractivity (Wildman–Crippen MR) is 105 cm³/mol. The number of guanidine groups is 1. The van der Waals surface area contributed by atoms with Gasteiger partial charge in [0.15, 0.2) is 5.96 Å². The minimum atomic E-state index is 0. The van der Waals surface area contributed by atoms with Crippen LogP contribution in [0.15, 0.2) is 4.99 Å². The third-order valence-corrected chi connectivity index (χ3v) is 4.30. The zero-order valence-electron chi connectivity index (χ0n) is 14.2. The maximum Gasteiger partial charge on any atom is 0.188 e. The molecule has 3 N–H and O–H groups in total. The topological polar surface area (TPSA) is 72.1 Å². The summed E-state index contributed by atoms with van der Waals surface area (Å²) in [5, 5.41) is 3.18. The fourth-order valence-electron chi connectivity index (χ4n) is 2.97. The molecule has 0 aromatic rings. The smallest absolute Gasteiger partial charge is 0.188 e. The molecular formula is C16H33IN4O2. The molecule has 0 radical (unpaired) electrons. The fourth-order valence-corrected chi connectivity index (χ4v) is 2.97. The van der Waals surface area contributed by atoms with Gasteiger partial charge in [0.05, 0.1) is 19.3 Å². The van der Waals surface area contributed by atoms with Crippen LogP contribution in [-0.4, -0.2) is 69.5 Å². The molecule has 0 aromatic heterocycles. The quantitative estimate of drug-likeness (QED) is 0.247. The van der Waals surface area contributed by atoms with Crippen LogP contribution in [0.3, 0.4) is 0 Å². The molecule has 23 heavy (non-hydrogen) atoms. The monoisotopic (exact) mass is 440 g/mol. The first kappa shape index (κ1) is 20.9. The highest BCUT2D eigenvalue weighted by Crippen LogP contribution is 2.20. The van der Waals surface area contributed by atoms with E-state index >= 15 is 0 Å². The molecule has 1 heterocycles. The summed E-state index contributed by atoms with van der Waals surface area (Å²) in [7, 11) is 0. The molecule has 136 valence electrons. The third-order valence-electron chi connectivity index (χ3n) is 4.30. The second-order valence-corrected chi connectivity index (χ2v) is 6.13. The van der Waals surface area contributed by atoms with Crippen molar-refractivity contribution in [2.24, 2.45) is 10.7 Å². The Bertz CT molecular complexity index is 319. The highest BCUT2D eigenvalue weighted by Gasteiger charge is 2.14. The van der Waals surface area contributed by atoms with Crippen molar-refractivity contribution in [2.45, 2.75) is 44.6 Å². The van der Waals surface area contributed by atoms with Gasteiger partial charge < -0.3 is 20.5 Å². The summed E-state index contributed by atoms with van der Waals surface area (Å²) < 4.78 is 11.1. The van der Waals surface area contributed by atoms with Gasteiger partial charge in [-0.3, -0.25) is 9.89 Å². The van der Waals surface area contributed by atoms with Gasteiger partial charge in [-0.1, -0.05) is 12.8 Å². The number of aliphatic imine (C=N–C) groups is 1. The zero-order chi connectivity index (χ0) is 15.5. The Hall–Kier alpha value is -0.120. The number of hydrogen-bond donors (Lipinski definition) is 2. The first-order valence-corrected chi connectivity index (χ1v) is 8.80. The number of nitrogens with one attached hydrogen (secondary N) is 1. The summed E-state index contributed by atoms with van der Waals surface area (Å²) in [6.07, 6.45) is 7.65. The van der Waals surface area contributed by atoms with Crippen molar-refractivity contribution in [3.8, 4) is 0 Å². The molecule has 2 fully saturated rings. The number of hydrogen-bond acceptors (Lipinski definition) is 4. The van der Waals surface area contributed by atoms with E-state index in [1.807, 2.05) is 0 Å². The molecule has 0 atom stereocenters. The molecule has 0 amide bonds. The van der Waals surface area contributed by atoms with Gasteiger partial charge in [-0.2, -0.15) is 0 Å². The minimum Gasteiger partial charge on any atom is -0.379 e. The number of nitrogens with zero attached hydrogens (tertiary/aromatic N) is 2. The lowest BCUT2D eigenvalue weighted by molar-refractivity contribution is 0.0376. The van der Waals surface area contributed by atoms with E-state index in [4.69, 9.17) is 15.2 Å². The van der Waals surface area contributed by atoms with Crippen LogP contribution in [0.4, 0.5) is 0 Å². The molecule has 1 aliphatic heterocycles. The Kier molecular flexibility index (Phi) is 12.0. The fraction of sp³-hybridized carbons (Fsp3) is 0.938. The molecule has 0 unspecified atom stereocenters. The Labute approximate surface area is 157 Å². The van der Waals surface area contributed by atoms with Gasteiger partial charge in [-0.05, 0) is 32.2 Å². The highest BCUT2D eigenvalue weighted by atomic mass is 127. The minimum absolute atomic E-state index is 0. The highest BCUT2D eigenvalue weighted by molar-refractivity contribution is 14.0. The van der Waals surface area contributed by atoms with E-state index in [9.17, 15) is 0 Å². The van der Waals surface area contributed by atoms with Gasteiger partial charge in [0.2, 0.25) is 0 Å². The molecule has 2 aliphatic rings. The summed E-state index contributed by atoms with van der Waals surface area (Å²) in [5.41, 5.74) is 5.86. The first-order chi connectivity index (χ1) is 10.8. The molecular weight excluding hydrogens is 407 g/mol. The number of halogens is 1. The van der Waals surface area contributed by atoms with E-state index in [0.717, 1.165) is 65.4 Å². The van der Waals surface area contributed by atoms with Gasteiger partial charge >= 0.3 is 0 Å². The van der Waals surface area contributed by atoms with Crippen molar-refractivity contribution in [1.29, 1.82) is 0 Å². The first-order valence-electron chi connectivity index (χ1n) is 8.80. The van der Waals surface area contributed by atoms with Crippen LogP contribution >= 0.6 is 24.0 Å². The normalized spacial score (nSPS) is 20.4. The average Bonchev–Trinajstić information content (AvgIpc) is 3.06. The number of ether oxygens (including phenoxy) is 2. The molecule has 0 aromatic carbocycles. The van der Waals surface area contributed by atoms with Gasteiger partial charge in [-0.15, -0.1) is 24.0 Å². The standard InChI is InChI=1S/C16H32N4O2.HI/c17-16(18-7-3-9-20-10-13-21-14-11-20)19-8-4-12-22-15-5-1-2-6-15;/h15H,1-14H2,(H3,17,18,19);1H. The maximum atomic E-state index is 5.86. The molecule has 0 spiro atoms. The van der Waals surface area contributed by atoms with Crippen LogP contribution in [0.25, 0.3) is 0 Å². The van der Waals surface area contributed by atoms with Crippen molar-refractivity contribution in [2.75, 3.05) is 52.5 Å². The molecule has 1 saturated carbocycles. The van der Waals surface area contributed by atoms with Crippen LogP contribution < -0.4 is 11.1 Å². The van der Waals surface area contributed by atoms with Crippen LogP contribution in [0.1, 0.15) is 38.5 Å². The van der Waals surface area contributed by atoms with Gasteiger partial charge in [-0.25, -0.2) is 0 Å². The second-order valence-electron chi connectivity index (χ2n) is 6.13. The zero-order valence-corrected chi connectivity index (χ0v) is 16.5. The Balaban J connectivity index is 0.00000264. The van der Waals surface area contributed by atoms with E-state index in [2.05, 4.69) is 15.2 Å². The third kappa shape index (κ3) is 9.69. The van der Waals surface area contributed by atoms with Crippen LogP contribution in [0.5, 0.6) is 0 Å². The lowest BCUT2D eigenvalue weighted by Gasteiger charge is -2.26. The van der Waals surface area contributed by atoms with Crippen LogP contribution in [-0.2, 0) is 9.47 Å². The maximum absolute atomic E-state index is 5.86. The van der Waals surface area contributed by atoms with E-state index in [-0.39, 0.29) is 24.0 Å². The van der Waals surface area contributed by atoms with Crippen LogP contribution in [0, 0.1) is 0 Å². The summed E-state index contributed by atoms with van der Waals surface area (Å²) in [5.74, 6) is 0.558. The van der Waals surface area contributed by atoms with Crippen molar-refractivity contribution in [3.05, 3.63) is 0 Å². The Morgan fingerprint density at radius 3 is 2.70 bits per heavy atom. The van der Waals surface area contributed by atoms with Crippen LogP contribution in [0.2, 0.25) is 0 Å². The summed E-state index contributed by atoms with van der Waals surface area (Å²) >= 11 is 0. The largest absolute Gasteiger partial charge is 0.379 e. The Morgan fingerprint density at radius 1 is 1.22 bits per heavy atom. The van der Waals surface area contributed by atoms with E-state index in [1.165, 1.54) is 25.7 Å². The van der Waals surface area contributed by atoms with Gasteiger partial charge in [0, 0.05) is 32.8 Å². The molecule has 0 bridgehead atoms. The van der Waals surface area contributed by atoms with E-state index in [1.54, 1.807) is 0 Å². The van der Waals surface area contributed by atoms with E-state index < -0.39 is 0 Å². The Morgan fingerprint density at radius 2 is 1.96 bits per heavy atom. The number of nitrogens with two attached hydrogens (primary N) is 1. The van der Waals surface area contributed by atoms with Crippen molar-refractivity contribution >= 4 is 29.9 Å². The summed E-state index contributed by atoms with van der Waals surface area (Å²) in [6.45, 7) is 7.34. The average molecular weight is 440 g/mol. The predicted octanol–water partition coefficient (Wildman–Crippen LogP) is 1.58.